The molecule has 1 heterocycles. The van der Waals surface area contributed by atoms with Gasteiger partial charge in [-0.3, -0.25) is 0 Å². The summed E-state index contributed by atoms with van der Waals surface area (Å²) in [6.07, 6.45) is 2.41. The highest BCUT2D eigenvalue weighted by molar-refractivity contribution is 7.19. The van der Waals surface area contributed by atoms with E-state index >= 15 is 0 Å². The number of hydrogen-bond donors (Lipinski definition) is 2. The van der Waals surface area contributed by atoms with Crippen molar-refractivity contribution in [2.24, 2.45) is 10.7 Å². The van der Waals surface area contributed by atoms with Crippen molar-refractivity contribution in [2.75, 3.05) is 0 Å². The first-order valence-electron chi connectivity index (χ1n) is 6.37. The number of aliphatic imine (C=N–C) groups is 1. The Morgan fingerprint density at radius 3 is 3.05 bits per heavy atom. The molecule has 0 radical (unpaired) electrons. The third-order valence-corrected chi connectivity index (χ3v) is 4.81. The molecule has 0 bridgehead atoms. The number of guanidine groups is 1. The first-order chi connectivity index (χ1) is 9.13. The van der Waals surface area contributed by atoms with Gasteiger partial charge in [0.25, 0.3) is 0 Å². The number of nitrogens with one attached hydrogen (secondary N) is 1. The van der Waals surface area contributed by atoms with Crippen molar-refractivity contribution in [1.82, 2.24) is 5.32 Å². The Morgan fingerprint density at radius 1 is 1.53 bits per heavy atom. The van der Waals surface area contributed by atoms with Crippen LogP contribution in [-0.4, -0.2) is 12.0 Å². The molecule has 5 heteroatoms. The van der Waals surface area contributed by atoms with Gasteiger partial charge >= 0.3 is 0 Å². The van der Waals surface area contributed by atoms with Crippen LogP contribution in [0.15, 0.2) is 23.2 Å². The molecule has 0 spiro atoms. The smallest absolute Gasteiger partial charge is 0.189 e. The second-order valence-electron chi connectivity index (χ2n) is 4.91. The van der Waals surface area contributed by atoms with Gasteiger partial charge in [-0.05, 0) is 48.9 Å². The van der Waals surface area contributed by atoms with E-state index in [1.54, 1.807) is 11.3 Å². The second kappa shape index (κ2) is 5.02. The fourth-order valence-electron chi connectivity index (χ4n) is 2.03. The maximum atomic E-state index is 6.04. The lowest BCUT2D eigenvalue weighted by molar-refractivity contribution is 0.880. The summed E-state index contributed by atoms with van der Waals surface area (Å²) in [7, 11) is 0. The summed E-state index contributed by atoms with van der Waals surface area (Å²) >= 11 is 7.80. The molecule has 100 valence electrons. The minimum atomic E-state index is 0.547. The molecule has 0 saturated heterocycles. The van der Waals surface area contributed by atoms with Crippen LogP contribution >= 0.6 is 22.9 Å². The molecule has 3 rings (SSSR count). The standard InChI is InChI=1S/C14H16ClN3S/c1-8-11-6-9(15)2-5-12(11)19-13(8)7-17-14(16)18-10-3-4-10/h2,5-6,10H,3-4,7H2,1H3,(H3,16,17,18). The van der Waals surface area contributed by atoms with E-state index in [0.717, 1.165) is 5.02 Å². The van der Waals surface area contributed by atoms with Crippen LogP contribution in [0, 0.1) is 6.92 Å². The van der Waals surface area contributed by atoms with Gasteiger partial charge in [-0.1, -0.05) is 11.6 Å². The van der Waals surface area contributed by atoms with Crippen LogP contribution in [-0.2, 0) is 6.54 Å². The summed E-state index contributed by atoms with van der Waals surface area (Å²) in [5.74, 6) is 0.553. The normalized spacial score (nSPS) is 16.0. The summed E-state index contributed by atoms with van der Waals surface area (Å²) in [5.41, 5.74) is 7.11. The quantitative estimate of drug-likeness (QED) is 0.673. The Morgan fingerprint density at radius 2 is 2.32 bits per heavy atom. The first-order valence-corrected chi connectivity index (χ1v) is 7.57. The predicted molar refractivity (Wildman–Crippen MR) is 83.1 cm³/mol. The van der Waals surface area contributed by atoms with Crippen LogP contribution in [0.25, 0.3) is 10.1 Å². The maximum absolute atomic E-state index is 6.04. The van der Waals surface area contributed by atoms with Gasteiger partial charge in [0.05, 0.1) is 6.54 Å². The molecule has 1 aliphatic rings. The zero-order valence-corrected chi connectivity index (χ0v) is 12.3. The van der Waals surface area contributed by atoms with Gasteiger partial charge in [-0.15, -0.1) is 11.3 Å². The molecule has 2 aromatic rings. The lowest BCUT2D eigenvalue weighted by Gasteiger charge is -2.02. The number of benzene rings is 1. The maximum Gasteiger partial charge on any atom is 0.189 e. The third-order valence-electron chi connectivity index (χ3n) is 3.32. The van der Waals surface area contributed by atoms with Crippen molar-refractivity contribution in [3.05, 3.63) is 33.7 Å². The molecular formula is C14H16ClN3S. The molecule has 0 unspecified atom stereocenters. The molecule has 0 atom stereocenters. The number of nitrogens with zero attached hydrogens (tertiary/aromatic N) is 1. The Hall–Kier alpha value is -1.26. The molecule has 1 aromatic carbocycles. The SMILES string of the molecule is Cc1c(CN=C(N)NC2CC2)sc2ccc(Cl)cc12. The largest absolute Gasteiger partial charge is 0.370 e. The second-order valence-corrected chi connectivity index (χ2v) is 6.48. The van der Waals surface area contributed by atoms with Gasteiger partial charge in [0.15, 0.2) is 5.96 Å². The Kier molecular flexibility index (Phi) is 3.37. The summed E-state index contributed by atoms with van der Waals surface area (Å²) < 4.78 is 1.25. The van der Waals surface area contributed by atoms with Crippen molar-refractivity contribution < 1.29 is 0 Å². The minimum Gasteiger partial charge on any atom is -0.370 e. The van der Waals surface area contributed by atoms with E-state index in [4.69, 9.17) is 17.3 Å². The van der Waals surface area contributed by atoms with Crippen molar-refractivity contribution in [3.63, 3.8) is 0 Å². The minimum absolute atomic E-state index is 0.547. The van der Waals surface area contributed by atoms with Crippen molar-refractivity contribution in [3.8, 4) is 0 Å². The Bertz CT molecular complexity index is 643. The van der Waals surface area contributed by atoms with Gasteiger partial charge in [-0.2, -0.15) is 0 Å². The molecule has 1 aliphatic carbocycles. The lowest BCUT2D eigenvalue weighted by Crippen LogP contribution is -2.33. The number of halogens is 1. The number of fused-ring (bicyclic) bond motifs is 1. The fraction of sp³-hybridized carbons (Fsp3) is 0.357. The molecule has 0 amide bonds. The average molecular weight is 294 g/mol. The monoisotopic (exact) mass is 293 g/mol. The summed E-state index contributed by atoms with van der Waals surface area (Å²) in [5, 5.41) is 5.19. The van der Waals surface area contributed by atoms with E-state index in [2.05, 4.69) is 23.3 Å². The molecule has 3 nitrogen and oxygen atoms in total. The zero-order chi connectivity index (χ0) is 13.4. The van der Waals surface area contributed by atoms with E-state index in [1.807, 2.05) is 12.1 Å². The van der Waals surface area contributed by atoms with E-state index in [9.17, 15) is 0 Å². The van der Waals surface area contributed by atoms with E-state index in [-0.39, 0.29) is 0 Å². The van der Waals surface area contributed by atoms with Crippen molar-refractivity contribution in [1.29, 1.82) is 0 Å². The summed E-state index contributed by atoms with van der Waals surface area (Å²) in [6.45, 7) is 2.75. The van der Waals surface area contributed by atoms with Crippen LogP contribution in [0.1, 0.15) is 23.3 Å². The molecule has 3 N–H and O–H groups in total. The molecule has 1 aromatic heterocycles. The highest BCUT2D eigenvalue weighted by Gasteiger charge is 2.21. The number of aryl methyl sites for hydroxylation is 1. The van der Waals surface area contributed by atoms with Crippen molar-refractivity contribution in [2.45, 2.75) is 32.4 Å². The first kappa shape index (κ1) is 12.8. The molecule has 1 saturated carbocycles. The van der Waals surface area contributed by atoms with Gasteiger partial charge in [0.2, 0.25) is 0 Å². The van der Waals surface area contributed by atoms with Gasteiger partial charge in [-0.25, -0.2) is 4.99 Å². The molecular weight excluding hydrogens is 278 g/mol. The van der Waals surface area contributed by atoms with Crippen LogP contribution in [0.5, 0.6) is 0 Å². The number of thiophene rings is 1. The van der Waals surface area contributed by atoms with Crippen LogP contribution in [0.3, 0.4) is 0 Å². The Labute approximate surface area is 121 Å². The van der Waals surface area contributed by atoms with E-state index in [0.29, 0.717) is 18.5 Å². The molecule has 1 fully saturated rings. The highest BCUT2D eigenvalue weighted by atomic mass is 35.5. The fourth-order valence-corrected chi connectivity index (χ4v) is 3.32. The molecule has 19 heavy (non-hydrogen) atoms. The number of rotatable bonds is 3. The summed E-state index contributed by atoms with van der Waals surface area (Å²) in [6, 6.07) is 6.55. The number of nitrogens with two attached hydrogens (primary N) is 1. The highest BCUT2D eigenvalue weighted by Crippen LogP contribution is 2.33. The average Bonchev–Trinajstić information content (AvgIpc) is 3.13. The van der Waals surface area contributed by atoms with Crippen molar-refractivity contribution >= 4 is 39.0 Å². The van der Waals surface area contributed by atoms with Gasteiger partial charge < -0.3 is 11.1 Å². The summed E-state index contributed by atoms with van der Waals surface area (Å²) in [4.78, 5) is 5.66. The van der Waals surface area contributed by atoms with Crippen LogP contribution < -0.4 is 11.1 Å². The van der Waals surface area contributed by atoms with Gasteiger partial charge in [0, 0.05) is 20.6 Å². The van der Waals surface area contributed by atoms with Gasteiger partial charge in [0.1, 0.15) is 0 Å². The van der Waals surface area contributed by atoms with E-state index < -0.39 is 0 Å². The van der Waals surface area contributed by atoms with Crippen LogP contribution in [0.2, 0.25) is 5.02 Å². The topological polar surface area (TPSA) is 50.4 Å². The molecule has 0 aliphatic heterocycles. The Balaban J connectivity index is 1.82. The number of hydrogen-bond acceptors (Lipinski definition) is 2. The predicted octanol–water partition coefficient (Wildman–Crippen LogP) is 3.43. The zero-order valence-electron chi connectivity index (χ0n) is 10.7. The van der Waals surface area contributed by atoms with E-state index in [1.165, 1.54) is 33.4 Å². The third kappa shape index (κ3) is 2.85. The lowest BCUT2D eigenvalue weighted by atomic mass is 10.1. The van der Waals surface area contributed by atoms with Crippen LogP contribution in [0.4, 0.5) is 0 Å².